The number of carbonyl (C=O) groups excluding carboxylic acids is 3. The van der Waals surface area contributed by atoms with Gasteiger partial charge >= 0.3 is 12.1 Å². The minimum Gasteiger partial charge on any atom is -0.478 e. The minimum atomic E-state index is -1.31. The van der Waals surface area contributed by atoms with Gasteiger partial charge in [0.15, 0.2) is 0 Å². The number of hydrogen-bond donors (Lipinski definition) is 6. The number of aromatic carboxylic acids is 1. The first-order valence-corrected chi connectivity index (χ1v) is 16.5. The molecular formula is C38H42N6O7. The highest BCUT2D eigenvalue weighted by Crippen LogP contribution is 2.30. The molecular weight excluding hydrogens is 652 g/mol. The summed E-state index contributed by atoms with van der Waals surface area (Å²) in [4.78, 5) is 56.2. The average Bonchev–Trinajstić information content (AvgIpc) is 3.13. The van der Waals surface area contributed by atoms with Crippen molar-refractivity contribution in [2.75, 3.05) is 18.5 Å². The number of rotatable bonds is 16. The average molecular weight is 695 g/mol. The van der Waals surface area contributed by atoms with Crippen molar-refractivity contribution in [3.63, 3.8) is 0 Å². The van der Waals surface area contributed by atoms with Gasteiger partial charge in [-0.1, -0.05) is 56.7 Å². The highest BCUT2D eigenvalue weighted by molar-refractivity contribution is 6.10. The number of carbonyl (C=O) groups is 4. The number of carboxylic acids is 1. The lowest BCUT2D eigenvalue weighted by molar-refractivity contribution is 0.0697. The van der Waals surface area contributed by atoms with Crippen LogP contribution in [0.2, 0.25) is 0 Å². The van der Waals surface area contributed by atoms with Gasteiger partial charge in [-0.25, -0.2) is 14.6 Å². The second-order valence-electron chi connectivity index (χ2n) is 11.7. The molecule has 7 N–H and O–H groups in total. The van der Waals surface area contributed by atoms with E-state index in [1.807, 2.05) is 44.2 Å². The van der Waals surface area contributed by atoms with E-state index >= 15 is 0 Å². The van der Waals surface area contributed by atoms with Crippen LogP contribution in [0.15, 0.2) is 84.9 Å². The van der Waals surface area contributed by atoms with Crippen LogP contribution < -0.4 is 26.4 Å². The number of hydrogen-bond acceptors (Lipinski definition) is 8. The number of nitrogen functional groups attached to an aromatic ring is 1. The number of alkyl carbamates (subject to hydrolysis) is 1. The molecule has 266 valence electrons. The first-order chi connectivity index (χ1) is 24.5. The molecule has 3 aromatic carbocycles. The Balaban J connectivity index is 1.53. The molecule has 1 heterocycles. The zero-order chi connectivity index (χ0) is 36.9. The third-order valence-corrected chi connectivity index (χ3v) is 8.22. The smallest absolute Gasteiger partial charge is 0.407 e. The molecule has 13 nitrogen and oxygen atoms in total. The van der Waals surface area contributed by atoms with E-state index in [9.17, 15) is 24.3 Å². The number of anilines is 1. The molecule has 0 spiro atoms. The summed E-state index contributed by atoms with van der Waals surface area (Å²) < 4.78 is 10.8. The maximum Gasteiger partial charge on any atom is 0.407 e. The number of amidine groups is 1. The molecule has 4 aromatic rings. The fourth-order valence-electron chi connectivity index (χ4n) is 5.22. The van der Waals surface area contributed by atoms with Crippen molar-refractivity contribution in [1.82, 2.24) is 15.6 Å². The SMILES string of the molecule is CCOc1ccc(-c2ccc(C(=O)N[C@@H](CCNC(=O)OCc3ccccc3)[C@@H](C)CC)cc2C(=O)O)c(C(=O)Nc2ccc(C(=N)N)cc2)n1. The summed E-state index contributed by atoms with van der Waals surface area (Å²) in [5.41, 5.74) is 7.46. The van der Waals surface area contributed by atoms with Crippen LogP contribution in [0.25, 0.3) is 11.1 Å². The first kappa shape index (κ1) is 37.6. The van der Waals surface area contributed by atoms with E-state index in [0.717, 1.165) is 12.0 Å². The summed E-state index contributed by atoms with van der Waals surface area (Å²) in [5.74, 6) is -2.34. The van der Waals surface area contributed by atoms with Crippen LogP contribution in [-0.2, 0) is 11.3 Å². The normalized spacial score (nSPS) is 11.8. The van der Waals surface area contributed by atoms with E-state index < -0.39 is 23.9 Å². The van der Waals surface area contributed by atoms with Crippen molar-refractivity contribution < 1.29 is 33.8 Å². The highest BCUT2D eigenvalue weighted by atomic mass is 16.5. The zero-order valence-electron chi connectivity index (χ0n) is 28.7. The second kappa shape index (κ2) is 18.0. The van der Waals surface area contributed by atoms with Crippen molar-refractivity contribution in [2.45, 2.75) is 46.3 Å². The van der Waals surface area contributed by atoms with Gasteiger partial charge in [0.05, 0.1) is 12.2 Å². The van der Waals surface area contributed by atoms with E-state index in [-0.39, 0.29) is 71.4 Å². The third kappa shape index (κ3) is 10.4. The van der Waals surface area contributed by atoms with Crippen LogP contribution in [0.1, 0.15) is 75.9 Å². The van der Waals surface area contributed by atoms with E-state index in [0.29, 0.717) is 17.7 Å². The van der Waals surface area contributed by atoms with Gasteiger partial charge in [-0.3, -0.25) is 15.0 Å². The standard InChI is InChI=1S/C38H42N6O7/c1-4-23(3)31(19-20-41-38(49)51-22-24-9-7-6-8-10-24)43-35(45)26-13-16-28(30(21-26)37(47)48)29-17-18-32(50-5-2)44-33(29)36(46)42-27-14-11-25(12-15-27)34(39)40/h6-18,21,23,31H,4-5,19-20,22H2,1-3H3,(H3,39,40)(H,41,49)(H,42,46)(H,43,45)(H,47,48)/t23-,31-/m0/s1. The summed E-state index contributed by atoms with van der Waals surface area (Å²) in [6, 6.07) is 22.6. The summed E-state index contributed by atoms with van der Waals surface area (Å²) >= 11 is 0. The van der Waals surface area contributed by atoms with Crippen molar-refractivity contribution in [1.29, 1.82) is 5.41 Å². The lowest BCUT2D eigenvalue weighted by Gasteiger charge is -2.25. The Morgan fingerprint density at radius 2 is 1.59 bits per heavy atom. The summed E-state index contributed by atoms with van der Waals surface area (Å²) in [5, 5.41) is 26.3. The van der Waals surface area contributed by atoms with Crippen LogP contribution in [0.3, 0.4) is 0 Å². The number of amides is 3. The van der Waals surface area contributed by atoms with E-state index in [2.05, 4.69) is 20.9 Å². The van der Waals surface area contributed by atoms with Crippen LogP contribution in [0.4, 0.5) is 10.5 Å². The van der Waals surface area contributed by atoms with E-state index in [1.54, 1.807) is 37.3 Å². The Kier molecular flexibility index (Phi) is 13.2. The number of nitrogens with two attached hydrogens (primary N) is 1. The van der Waals surface area contributed by atoms with E-state index in [4.69, 9.17) is 20.6 Å². The Morgan fingerprint density at radius 1 is 0.902 bits per heavy atom. The number of nitrogens with one attached hydrogen (secondary N) is 4. The molecule has 2 atom stereocenters. The molecule has 0 unspecified atom stereocenters. The van der Waals surface area contributed by atoms with Gasteiger partial charge in [-0.05, 0) is 72.9 Å². The Hall–Kier alpha value is -6.24. The summed E-state index contributed by atoms with van der Waals surface area (Å²) in [7, 11) is 0. The number of ether oxygens (including phenoxy) is 2. The fraction of sp³-hybridized carbons (Fsp3) is 0.263. The topological polar surface area (TPSA) is 206 Å². The minimum absolute atomic E-state index is 0.0453. The molecule has 4 rings (SSSR count). The van der Waals surface area contributed by atoms with Crippen molar-refractivity contribution in [2.24, 2.45) is 11.7 Å². The van der Waals surface area contributed by atoms with Gasteiger partial charge in [-0.15, -0.1) is 0 Å². The van der Waals surface area contributed by atoms with Gasteiger partial charge in [0.1, 0.15) is 18.1 Å². The lowest BCUT2D eigenvalue weighted by atomic mass is 9.94. The van der Waals surface area contributed by atoms with Gasteiger partial charge in [0.2, 0.25) is 5.88 Å². The number of nitrogens with zero attached hydrogens (tertiary/aromatic N) is 1. The quantitative estimate of drug-likeness (QED) is 0.0614. The number of aromatic nitrogens is 1. The van der Waals surface area contributed by atoms with Crippen LogP contribution in [-0.4, -0.2) is 59.0 Å². The lowest BCUT2D eigenvalue weighted by Crippen LogP contribution is -2.42. The molecule has 1 aromatic heterocycles. The van der Waals surface area contributed by atoms with Gasteiger partial charge < -0.3 is 36.3 Å². The molecule has 0 aliphatic carbocycles. The fourth-order valence-corrected chi connectivity index (χ4v) is 5.22. The Labute approximate surface area is 296 Å². The maximum absolute atomic E-state index is 13.5. The van der Waals surface area contributed by atoms with E-state index in [1.165, 1.54) is 24.3 Å². The van der Waals surface area contributed by atoms with Crippen LogP contribution in [0.5, 0.6) is 5.88 Å². The molecule has 0 bridgehead atoms. The molecule has 0 aliphatic rings. The van der Waals surface area contributed by atoms with Gasteiger partial charge in [0, 0.05) is 41.0 Å². The predicted molar refractivity (Wildman–Crippen MR) is 193 cm³/mol. The van der Waals surface area contributed by atoms with Gasteiger partial charge in [-0.2, -0.15) is 0 Å². The van der Waals surface area contributed by atoms with Crippen LogP contribution >= 0.6 is 0 Å². The number of pyridine rings is 1. The molecule has 0 saturated carbocycles. The molecule has 0 fully saturated rings. The summed E-state index contributed by atoms with van der Waals surface area (Å²) in [6.07, 6.45) is 0.593. The summed E-state index contributed by atoms with van der Waals surface area (Å²) in [6.45, 7) is 6.40. The van der Waals surface area contributed by atoms with Crippen molar-refractivity contribution in [3.05, 3.63) is 113 Å². The molecule has 0 saturated heterocycles. The predicted octanol–water partition coefficient (Wildman–Crippen LogP) is 5.84. The van der Waals surface area contributed by atoms with Gasteiger partial charge in [0.25, 0.3) is 11.8 Å². The second-order valence-corrected chi connectivity index (χ2v) is 11.7. The Bertz CT molecular complexity index is 1860. The number of benzene rings is 3. The molecule has 3 amide bonds. The monoisotopic (exact) mass is 694 g/mol. The van der Waals surface area contributed by atoms with Crippen molar-refractivity contribution in [3.8, 4) is 17.0 Å². The Morgan fingerprint density at radius 3 is 2.24 bits per heavy atom. The molecule has 0 aliphatic heterocycles. The van der Waals surface area contributed by atoms with Crippen LogP contribution in [0, 0.1) is 11.3 Å². The third-order valence-electron chi connectivity index (χ3n) is 8.22. The highest BCUT2D eigenvalue weighted by Gasteiger charge is 2.24. The largest absolute Gasteiger partial charge is 0.478 e. The van der Waals surface area contributed by atoms with Crippen molar-refractivity contribution >= 4 is 35.4 Å². The zero-order valence-corrected chi connectivity index (χ0v) is 28.7. The maximum atomic E-state index is 13.5. The number of carboxylic acid groups (broad SMARTS) is 1. The molecule has 51 heavy (non-hydrogen) atoms. The molecule has 0 radical (unpaired) electrons. The molecule has 13 heteroatoms. The first-order valence-electron chi connectivity index (χ1n) is 16.5.